The van der Waals surface area contributed by atoms with Crippen molar-refractivity contribution in [2.24, 2.45) is 0 Å². The van der Waals surface area contributed by atoms with E-state index in [0.717, 1.165) is 10.6 Å². The van der Waals surface area contributed by atoms with Gasteiger partial charge in [-0.3, -0.25) is 9.59 Å². The molecule has 0 saturated carbocycles. The highest BCUT2D eigenvalue weighted by Crippen LogP contribution is 2.38. The van der Waals surface area contributed by atoms with Crippen molar-refractivity contribution in [2.45, 2.75) is 29.4 Å². The summed E-state index contributed by atoms with van der Waals surface area (Å²) in [5, 5.41) is 19.7. The predicted molar refractivity (Wildman–Crippen MR) is 128 cm³/mol. The first-order valence-electron chi connectivity index (χ1n) is 10.3. The van der Waals surface area contributed by atoms with Gasteiger partial charge in [0.25, 0.3) is 0 Å². The minimum atomic E-state index is -0.509. The van der Waals surface area contributed by atoms with Crippen molar-refractivity contribution in [2.75, 3.05) is 17.6 Å². The van der Waals surface area contributed by atoms with E-state index in [4.69, 9.17) is 17.3 Å². The molecule has 0 aliphatic carbocycles. The second-order valence-corrected chi connectivity index (χ2v) is 9.14. The Hall–Kier alpha value is -3.48. The molecule has 1 aliphatic heterocycles. The molecule has 0 saturated heterocycles. The molecule has 33 heavy (non-hydrogen) atoms. The fourth-order valence-electron chi connectivity index (χ4n) is 3.52. The minimum absolute atomic E-state index is 0.0671. The molecule has 0 fully saturated rings. The van der Waals surface area contributed by atoms with Gasteiger partial charge in [0.1, 0.15) is 17.5 Å². The zero-order valence-electron chi connectivity index (χ0n) is 17.5. The van der Waals surface area contributed by atoms with Crippen molar-refractivity contribution < 1.29 is 9.59 Å². The quantitative estimate of drug-likeness (QED) is 0.444. The number of aromatic nitrogens is 2. The molecule has 1 aliphatic rings. The van der Waals surface area contributed by atoms with Crippen LogP contribution in [-0.4, -0.2) is 33.4 Å². The van der Waals surface area contributed by atoms with E-state index in [1.54, 1.807) is 16.8 Å². The fourth-order valence-corrected chi connectivity index (χ4v) is 4.79. The van der Waals surface area contributed by atoms with Gasteiger partial charge in [-0.15, -0.1) is 11.8 Å². The number of nitrogens with zero attached hydrogens (tertiary/aromatic N) is 3. The molecule has 2 amide bonds. The first-order valence-corrected chi connectivity index (χ1v) is 11.6. The molecule has 4 rings (SSSR count). The number of halogens is 1. The van der Waals surface area contributed by atoms with E-state index < -0.39 is 5.25 Å². The number of carbonyl (C=O) groups is 2. The molecule has 2 heterocycles. The summed E-state index contributed by atoms with van der Waals surface area (Å²) in [6, 6.07) is 16.8. The Morgan fingerprint density at radius 3 is 2.85 bits per heavy atom. The molecule has 1 atom stereocenters. The third-order valence-electron chi connectivity index (χ3n) is 5.15. The summed E-state index contributed by atoms with van der Waals surface area (Å²) < 4.78 is 1.55. The number of amides is 2. The van der Waals surface area contributed by atoms with Gasteiger partial charge in [0.05, 0.1) is 22.3 Å². The van der Waals surface area contributed by atoms with Crippen LogP contribution in [0.25, 0.3) is 5.69 Å². The maximum absolute atomic E-state index is 12.4. The Balaban J connectivity index is 1.30. The summed E-state index contributed by atoms with van der Waals surface area (Å²) in [4.78, 5) is 25.6. The Bertz CT molecular complexity index is 1240. The Kier molecular flexibility index (Phi) is 6.87. The molecule has 4 N–H and O–H groups in total. The van der Waals surface area contributed by atoms with Crippen molar-refractivity contribution in [3.63, 3.8) is 0 Å². The first kappa shape index (κ1) is 22.7. The van der Waals surface area contributed by atoms with E-state index in [1.807, 2.05) is 36.4 Å². The Labute approximate surface area is 200 Å². The van der Waals surface area contributed by atoms with Crippen molar-refractivity contribution in [1.82, 2.24) is 15.1 Å². The molecule has 168 valence electrons. The monoisotopic (exact) mass is 480 g/mol. The lowest BCUT2D eigenvalue weighted by Crippen LogP contribution is -2.35. The smallest absolute Gasteiger partial charge is 0.238 e. The number of thioether (sulfide) groups is 1. The van der Waals surface area contributed by atoms with Gasteiger partial charge in [0.2, 0.25) is 11.8 Å². The van der Waals surface area contributed by atoms with Gasteiger partial charge in [0.15, 0.2) is 0 Å². The molecular formula is C23H21ClN6O2S. The molecule has 0 bridgehead atoms. The summed E-state index contributed by atoms with van der Waals surface area (Å²) in [5.41, 5.74) is 8.49. The number of carbonyl (C=O) groups excluding carboxylic acids is 2. The SMILES string of the molecule is N#Cc1c(CCCNC(=O)CC2Sc3ccc(Cl)cc3NC2=O)nn(-c2ccccc2)c1N. The van der Waals surface area contributed by atoms with Crippen molar-refractivity contribution in [3.8, 4) is 11.8 Å². The molecule has 0 spiro atoms. The lowest BCUT2D eigenvalue weighted by Gasteiger charge is -2.23. The second-order valence-electron chi connectivity index (χ2n) is 7.46. The fraction of sp³-hybridized carbons (Fsp3) is 0.217. The highest BCUT2D eigenvalue weighted by atomic mass is 35.5. The Morgan fingerprint density at radius 2 is 2.09 bits per heavy atom. The first-order chi connectivity index (χ1) is 16.0. The number of nitrogens with two attached hydrogens (primary N) is 1. The van der Waals surface area contributed by atoms with Gasteiger partial charge in [-0.25, -0.2) is 4.68 Å². The van der Waals surface area contributed by atoms with Crippen LogP contribution in [0.4, 0.5) is 11.5 Å². The summed E-state index contributed by atoms with van der Waals surface area (Å²) >= 11 is 7.32. The summed E-state index contributed by atoms with van der Waals surface area (Å²) in [6.45, 7) is 0.396. The molecule has 0 radical (unpaired) electrons. The maximum Gasteiger partial charge on any atom is 0.238 e. The van der Waals surface area contributed by atoms with Gasteiger partial charge < -0.3 is 16.4 Å². The number of aryl methyl sites for hydroxylation is 1. The number of para-hydroxylation sites is 1. The highest BCUT2D eigenvalue weighted by Gasteiger charge is 2.29. The lowest BCUT2D eigenvalue weighted by atomic mass is 10.1. The van der Waals surface area contributed by atoms with E-state index in [1.165, 1.54) is 11.8 Å². The predicted octanol–water partition coefficient (Wildman–Crippen LogP) is 3.53. The number of benzene rings is 2. The number of nitriles is 1. The van der Waals surface area contributed by atoms with Crippen LogP contribution in [0, 0.1) is 11.3 Å². The van der Waals surface area contributed by atoms with Crippen LogP contribution in [0.2, 0.25) is 5.02 Å². The van der Waals surface area contributed by atoms with Gasteiger partial charge >= 0.3 is 0 Å². The van der Waals surface area contributed by atoms with Crippen LogP contribution in [0.1, 0.15) is 24.1 Å². The van der Waals surface area contributed by atoms with Crippen molar-refractivity contribution >= 4 is 46.7 Å². The van der Waals surface area contributed by atoms with Gasteiger partial charge in [0, 0.05) is 22.9 Å². The molecular weight excluding hydrogens is 460 g/mol. The summed E-state index contributed by atoms with van der Waals surface area (Å²) in [5.74, 6) is -0.134. The van der Waals surface area contributed by atoms with Crippen LogP contribution in [0.3, 0.4) is 0 Å². The van der Waals surface area contributed by atoms with Crippen LogP contribution >= 0.6 is 23.4 Å². The van der Waals surface area contributed by atoms with Gasteiger partial charge in [-0.1, -0.05) is 29.8 Å². The zero-order chi connectivity index (χ0) is 23.4. The standard InChI is InChI=1S/C23H21ClN6O2S/c24-14-8-9-19-18(11-14)28-23(32)20(33-19)12-21(31)27-10-4-7-17-16(13-25)22(26)30(29-17)15-5-2-1-3-6-15/h1-3,5-6,8-9,11,20H,4,7,10,12,26H2,(H,27,31)(H,28,32). The Morgan fingerprint density at radius 1 is 1.30 bits per heavy atom. The van der Waals surface area contributed by atoms with E-state index >= 15 is 0 Å². The number of anilines is 2. The van der Waals surface area contributed by atoms with E-state index in [0.29, 0.717) is 47.2 Å². The number of fused-ring (bicyclic) bond motifs is 1. The largest absolute Gasteiger partial charge is 0.382 e. The topological polar surface area (TPSA) is 126 Å². The third kappa shape index (κ3) is 5.13. The normalized spacial score (nSPS) is 14.8. The molecule has 1 aromatic heterocycles. The highest BCUT2D eigenvalue weighted by molar-refractivity contribution is 8.01. The number of nitrogen functional groups attached to an aromatic ring is 1. The number of nitrogens with one attached hydrogen (secondary N) is 2. The number of hydrogen-bond donors (Lipinski definition) is 3. The van der Waals surface area contributed by atoms with Crippen LogP contribution in [0.5, 0.6) is 0 Å². The average Bonchev–Trinajstić information content (AvgIpc) is 3.13. The van der Waals surface area contributed by atoms with Crippen LogP contribution < -0.4 is 16.4 Å². The molecule has 8 nitrogen and oxygen atoms in total. The average molecular weight is 481 g/mol. The van der Waals surface area contributed by atoms with Gasteiger partial charge in [-0.2, -0.15) is 10.4 Å². The maximum atomic E-state index is 12.4. The van der Waals surface area contributed by atoms with Crippen LogP contribution in [0.15, 0.2) is 53.4 Å². The number of rotatable bonds is 7. The van der Waals surface area contributed by atoms with Gasteiger partial charge in [-0.05, 0) is 43.2 Å². The third-order valence-corrected chi connectivity index (χ3v) is 6.66. The van der Waals surface area contributed by atoms with E-state index in [9.17, 15) is 14.9 Å². The summed E-state index contributed by atoms with van der Waals surface area (Å²) in [7, 11) is 0. The molecule has 10 heteroatoms. The molecule has 3 aromatic rings. The van der Waals surface area contributed by atoms with Crippen molar-refractivity contribution in [3.05, 3.63) is 64.8 Å². The molecule has 1 unspecified atom stereocenters. The van der Waals surface area contributed by atoms with Crippen molar-refractivity contribution in [1.29, 1.82) is 5.26 Å². The van der Waals surface area contributed by atoms with E-state index in [-0.39, 0.29) is 18.2 Å². The van der Waals surface area contributed by atoms with Crippen LogP contribution in [-0.2, 0) is 16.0 Å². The van der Waals surface area contributed by atoms with E-state index in [2.05, 4.69) is 21.8 Å². The molecule has 2 aromatic carbocycles. The second kappa shape index (κ2) is 9.98. The minimum Gasteiger partial charge on any atom is -0.382 e. The summed E-state index contributed by atoms with van der Waals surface area (Å²) in [6.07, 6.45) is 1.13. The lowest BCUT2D eigenvalue weighted by molar-refractivity contribution is -0.124. The zero-order valence-corrected chi connectivity index (χ0v) is 19.1. The number of hydrogen-bond acceptors (Lipinski definition) is 6.